The molecule has 6 heteroatoms. The Balaban J connectivity index is 1.56. The number of ether oxygens (including phenoxy) is 1. The fraction of sp³-hybridized carbons (Fsp3) is 0.111. The molecule has 0 aliphatic carbocycles. The second kappa shape index (κ2) is 9.65. The number of aromatic nitrogens is 2. The average Bonchev–Trinajstić information content (AvgIpc) is 3.19. The molecule has 2 aromatic heterocycles. The molecule has 0 bridgehead atoms. The zero-order chi connectivity index (χ0) is 22.6. The standard InChI is InChI=1S/C27H22N2O2S2/c1-19-23(20-11-5-2-6-12-20)24-25(33-19)28-27(29(26(24)30)21-13-7-3-8-14-21)32-18-17-31-22-15-9-4-10-16-22/h2-16H,17-18H2,1H3. The molecule has 0 radical (unpaired) electrons. The van der Waals surface area contributed by atoms with Crippen molar-refractivity contribution < 1.29 is 4.74 Å². The van der Waals surface area contributed by atoms with Crippen molar-refractivity contribution in [1.82, 2.24) is 9.55 Å². The minimum absolute atomic E-state index is 0.0409. The molecular formula is C27H22N2O2S2. The molecule has 0 fully saturated rings. The van der Waals surface area contributed by atoms with Gasteiger partial charge in [0.2, 0.25) is 0 Å². The van der Waals surface area contributed by atoms with Crippen molar-refractivity contribution in [3.05, 3.63) is 106 Å². The lowest BCUT2D eigenvalue weighted by atomic mass is 10.0. The third-order valence-corrected chi connectivity index (χ3v) is 7.18. The molecule has 0 aliphatic heterocycles. The Morgan fingerprint density at radius 1 is 0.909 bits per heavy atom. The normalized spacial score (nSPS) is 11.1. The van der Waals surface area contributed by atoms with Crippen LogP contribution in [0.5, 0.6) is 5.75 Å². The van der Waals surface area contributed by atoms with Crippen LogP contribution in [0, 0.1) is 6.92 Å². The Kier molecular flexibility index (Phi) is 6.28. The van der Waals surface area contributed by atoms with Gasteiger partial charge >= 0.3 is 0 Å². The molecule has 164 valence electrons. The maximum atomic E-state index is 13.9. The number of hydrogen-bond donors (Lipinski definition) is 0. The van der Waals surface area contributed by atoms with E-state index in [2.05, 4.69) is 6.92 Å². The number of hydrogen-bond acceptors (Lipinski definition) is 5. The molecule has 0 spiro atoms. The summed E-state index contributed by atoms with van der Waals surface area (Å²) in [6.45, 7) is 2.58. The highest BCUT2D eigenvalue weighted by Gasteiger charge is 2.20. The van der Waals surface area contributed by atoms with Gasteiger partial charge in [-0.15, -0.1) is 11.3 Å². The lowest BCUT2D eigenvalue weighted by molar-refractivity contribution is 0.344. The third kappa shape index (κ3) is 4.45. The maximum absolute atomic E-state index is 13.9. The molecule has 0 atom stereocenters. The second-order valence-corrected chi connectivity index (χ2v) is 9.73. The zero-order valence-electron chi connectivity index (χ0n) is 18.1. The van der Waals surface area contributed by atoms with E-state index in [0.29, 0.717) is 22.9 Å². The van der Waals surface area contributed by atoms with E-state index >= 15 is 0 Å². The van der Waals surface area contributed by atoms with Crippen LogP contribution in [-0.2, 0) is 0 Å². The number of nitrogens with zero attached hydrogens (tertiary/aromatic N) is 2. The van der Waals surface area contributed by atoms with Crippen LogP contribution < -0.4 is 10.3 Å². The van der Waals surface area contributed by atoms with E-state index in [9.17, 15) is 4.79 Å². The Hall–Kier alpha value is -3.35. The highest BCUT2D eigenvalue weighted by atomic mass is 32.2. The quantitative estimate of drug-likeness (QED) is 0.153. The zero-order valence-corrected chi connectivity index (χ0v) is 19.7. The second-order valence-electron chi connectivity index (χ2n) is 7.46. The van der Waals surface area contributed by atoms with E-state index in [1.807, 2.05) is 91.0 Å². The first kappa shape index (κ1) is 21.5. The number of thiophene rings is 1. The van der Waals surface area contributed by atoms with Crippen molar-refractivity contribution in [3.8, 4) is 22.6 Å². The first-order chi connectivity index (χ1) is 16.2. The molecule has 0 unspecified atom stereocenters. The van der Waals surface area contributed by atoms with E-state index in [1.54, 1.807) is 15.9 Å². The summed E-state index contributed by atoms with van der Waals surface area (Å²) in [5.41, 5.74) is 2.78. The van der Waals surface area contributed by atoms with E-state index in [1.165, 1.54) is 11.8 Å². The number of aryl methyl sites for hydroxylation is 1. The van der Waals surface area contributed by atoms with Gasteiger partial charge in [-0.05, 0) is 36.8 Å². The minimum atomic E-state index is -0.0409. The Bertz CT molecular complexity index is 1430. The number of benzene rings is 3. The summed E-state index contributed by atoms with van der Waals surface area (Å²) in [5, 5.41) is 1.36. The van der Waals surface area contributed by atoms with Gasteiger partial charge in [0.25, 0.3) is 5.56 Å². The van der Waals surface area contributed by atoms with E-state index in [4.69, 9.17) is 9.72 Å². The Labute approximate surface area is 200 Å². The fourth-order valence-electron chi connectivity index (χ4n) is 3.81. The molecule has 3 aromatic carbocycles. The molecule has 0 aliphatic rings. The van der Waals surface area contributed by atoms with Crippen LogP contribution in [0.15, 0.2) is 101 Å². The number of para-hydroxylation sites is 2. The van der Waals surface area contributed by atoms with Gasteiger partial charge in [0, 0.05) is 16.2 Å². The molecule has 0 N–H and O–H groups in total. The SMILES string of the molecule is Cc1sc2nc(SCCOc3ccccc3)n(-c3ccccc3)c(=O)c2c1-c1ccccc1. The highest BCUT2D eigenvalue weighted by molar-refractivity contribution is 7.99. The molecule has 33 heavy (non-hydrogen) atoms. The summed E-state index contributed by atoms with van der Waals surface area (Å²) < 4.78 is 7.57. The van der Waals surface area contributed by atoms with E-state index in [-0.39, 0.29) is 5.56 Å². The van der Waals surface area contributed by atoms with Crippen LogP contribution in [0.25, 0.3) is 27.0 Å². The van der Waals surface area contributed by atoms with Crippen molar-refractivity contribution in [2.75, 3.05) is 12.4 Å². The van der Waals surface area contributed by atoms with Crippen LogP contribution in [0.1, 0.15) is 4.88 Å². The number of rotatable bonds is 7. The Morgan fingerprint density at radius 3 is 2.24 bits per heavy atom. The van der Waals surface area contributed by atoms with Crippen molar-refractivity contribution in [2.45, 2.75) is 12.1 Å². The van der Waals surface area contributed by atoms with Crippen molar-refractivity contribution >= 4 is 33.3 Å². The van der Waals surface area contributed by atoms with Gasteiger partial charge in [-0.25, -0.2) is 4.98 Å². The molecule has 0 saturated carbocycles. The summed E-state index contributed by atoms with van der Waals surface area (Å²) in [6, 6.07) is 29.5. The number of thioether (sulfide) groups is 1. The monoisotopic (exact) mass is 470 g/mol. The largest absolute Gasteiger partial charge is 0.493 e. The maximum Gasteiger partial charge on any atom is 0.268 e. The molecular weight excluding hydrogens is 448 g/mol. The third-order valence-electron chi connectivity index (χ3n) is 5.27. The van der Waals surface area contributed by atoms with Crippen LogP contribution in [-0.4, -0.2) is 21.9 Å². The van der Waals surface area contributed by atoms with Gasteiger partial charge in [-0.3, -0.25) is 9.36 Å². The van der Waals surface area contributed by atoms with Crippen molar-refractivity contribution in [1.29, 1.82) is 0 Å². The van der Waals surface area contributed by atoms with Crippen LogP contribution in [0.2, 0.25) is 0 Å². The fourth-order valence-corrected chi connectivity index (χ4v) is 5.72. The van der Waals surface area contributed by atoms with Crippen molar-refractivity contribution in [2.24, 2.45) is 0 Å². The first-order valence-electron chi connectivity index (χ1n) is 10.7. The smallest absolute Gasteiger partial charge is 0.268 e. The Morgan fingerprint density at radius 2 is 1.55 bits per heavy atom. The van der Waals surface area contributed by atoms with Gasteiger partial charge in [-0.1, -0.05) is 78.5 Å². The first-order valence-corrected chi connectivity index (χ1v) is 12.5. The van der Waals surface area contributed by atoms with Crippen LogP contribution in [0.3, 0.4) is 0 Å². The molecule has 5 aromatic rings. The molecule has 0 saturated heterocycles. The summed E-state index contributed by atoms with van der Waals surface area (Å²) in [4.78, 5) is 20.7. The summed E-state index contributed by atoms with van der Waals surface area (Å²) in [7, 11) is 0. The topological polar surface area (TPSA) is 44.1 Å². The van der Waals surface area contributed by atoms with Gasteiger partial charge in [0.05, 0.1) is 17.7 Å². The minimum Gasteiger partial charge on any atom is -0.493 e. The lowest BCUT2D eigenvalue weighted by Crippen LogP contribution is -2.22. The number of fused-ring (bicyclic) bond motifs is 1. The van der Waals surface area contributed by atoms with Gasteiger partial charge in [0.15, 0.2) is 5.16 Å². The summed E-state index contributed by atoms with van der Waals surface area (Å²) in [5.74, 6) is 1.51. The van der Waals surface area contributed by atoms with Crippen LogP contribution >= 0.6 is 23.1 Å². The highest BCUT2D eigenvalue weighted by Crippen LogP contribution is 2.36. The van der Waals surface area contributed by atoms with Crippen LogP contribution in [0.4, 0.5) is 0 Å². The average molecular weight is 471 g/mol. The molecule has 4 nitrogen and oxygen atoms in total. The predicted molar refractivity (Wildman–Crippen MR) is 138 cm³/mol. The van der Waals surface area contributed by atoms with Gasteiger partial charge in [0.1, 0.15) is 10.6 Å². The van der Waals surface area contributed by atoms with E-state index < -0.39 is 0 Å². The lowest BCUT2D eigenvalue weighted by Gasteiger charge is -2.13. The summed E-state index contributed by atoms with van der Waals surface area (Å²) >= 11 is 3.11. The van der Waals surface area contributed by atoms with Gasteiger partial charge in [-0.2, -0.15) is 0 Å². The van der Waals surface area contributed by atoms with Crippen molar-refractivity contribution in [3.63, 3.8) is 0 Å². The predicted octanol–water partition coefficient (Wildman–Crippen LogP) is 6.59. The van der Waals surface area contributed by atoms with E-state index in [0.717, 1.165) is 32.3 Å². The van der Waals surface area contributed by atoms with Gasteiger partial charge < -0.3 is 4.74 Å². The molecule has 0 amide bonds. The molecule has 5 rings (SSSR count). The summed E-state index contributed by atoms with van der Waals surface area (Å²) in [6.07, 6.45) is 0. The molecule has 2 heterocycles.